The molecule has 0 saturated heterocycles. The van der Waals surface area contributed by atoms with Gasteiger partial charge < -0.3 is 20.5 Å². The summed E-state index contributed by atoms with van der Waals surface area (Å²) in [6.07, 6.45) is 1.59. The van der Waals surface area contributed by atoms with Gasteiger partial charge in [0.1, 0.15) is 0 Å². The molecule has 1 heterocycles. The normalized spacial score (nSPS) is 13.4. The van der Waals surface area contributed by atoms with Crippen LogP contribution in [0.5, 0.6) is 11.5 Å². The van der Waals surface area contributed by atoms with Crippen molar-refractivity contribution in [3.05, 3.63) is 22.7 Å². The van der Waals surface area contributed by atoms with Crippen LogP contribution in [-0.2, 0) is 0 Å². The molecular weight excluding hydrogens is 280 g/mol. The number of hydrogen-bond donors (Lipinski definition) is 2. The van der Waals surface area contributed by atoms with E-state index >= 15 is 0 Å². The Bertz CT molecular complexity index is 515. The molecule has 1 aromatic carbocycles. The van der Waals surface area contributed by atoms with E-state index in [1.165, 1.54) is 0 Å². The molecule has 6 heteroatoms. The van der Waals surface area contributed by atoms with Crippen LogP contribution in [0.15, 0.2) is 12.1 Å². The van der Waals surface area contributed by atoms with Crippen molar-refractivity contribution in [2.24, 2.45) is 5.73 Å². The minimum atomic E-state index is -0.379. The third-order valence-corrected chi connectivity index (χ3v) is 3.98. The van der Waals surface area contributed by atoms with Crippen molar-refractivity contribution in [2.75, 3.05) is 13.3 Å². The second-order valence-corrected chi connectivity index (χ2v) is 5.35. The van der Waals surface area contributed by atoms with Gasteiger partial charge in [0, 0.05) is 17.6 Å². The second kappa shape index (κ2) is 5.89. The summed E-state index contributed by atoms with van der Waals surface area (Å²) in [5.41, 5.74) is 6.22. The first kappa shape index (κ1) is 14.9. The van der Waals surface area contributed by atoms with Crippen molar-refractivity contribution in [1.29, 1.82) is 0 Å². The number of ether oxygens (including phenoxy) is 2. The molecular formula is C14H19ClN2O3. The number of carbonyl (C=O) groups is 1. The van der Waals surface area contributed by atoms with E-state index in [2.05, 4.69) is 5.32 Å². The molecule has 2 rings (SSSR count). The quantitative estimate of drug-likeness (QED) is 0.875. The third kappa shape index (κ3) is 2.99. The minimum absolute atomic E-state index is 0.123. The van der Waals surface area contributed by atoms with E-state index in [1.807, 2.05) is 13.8 Å². The van der Waals surface area contributed by atoms with Gasteiger partial charge in [0.15, 0.2) is 11.5 Å². The Labute approximate surface area is 123 Å². The standard InChI is InChI=1S/C14H19ClN2O3/c1-3-14(16,4-2)7-17-13(18)9-5-10(15)12-11(6-9)19-8-20-12/h5-6H,3-4,7-8,16H2,1-2H3,(H,17,18). The molecule has 110 valence electrons. The molecule has 0 bridgehead atoms. The zero-order chi connectivity index (χ0) is 14.8. The maximum atomic E-state index is 12.2. The number of nitrogens with two attached hydrogens (primary N) is 1. The highest BCUT2D eigenvalue weighted by Gasteiger charge is 2.23. The second-order valence-electron chi connectivity index (χ2n) is 4.94. The van der Waals surface area contributed by atoms with Gasteiger partial charge in [-0.1, -0.05) is 25.4 Å². The van der Waals surface area contributed by atoms with Gasteiger partial charge in [-0.05, 0) is 25.0 Å². The van der Waals surface area contributed by atoms with E-state index < -0.39 is 0 Å². The first-order valence-electron chi connectivity index (χ1n) is 6.65. The number of hydrogen-bond acceptors (Lipinski definition) is 4. The summed E-state index contributed by atoms with van der Waals surface area (Å²) >= 11 is 6.05. The minimum Gasteiger partial charge on any atom is -0.454 e. The number of halogens is 1. The van der Waals surface area contributed by atoms with E-state index in [9.17, 15) is 4.79 Å². The predicted octanol–water partition coefficient (Wildman–Crippen LogP) is 2.32. The molecule has 1 amide bonds. The van der Waals surface area contributed by atoms with Crippen molar-refractivity contribution in [2.45, 2.75) is 32.2 Å². The zero-order valence-corrected chi connectivity index (χ0v) is 12.4. The van der Waals surface area contributed by atoms with Gasteiger partial charge in [0.25, 0.3) is 5.91 Å². The molecule has 5 nitrogen and oxygen atoms in total. The lowest BCUT2D eigenvalue weighted by molar-refractivity contribution is 0.0941. The highest BCUT2D eigenvalue weighted by molar-refractivity contribution is 6.32. The fourth-order valence-electron chi connectivity index (χ4n) is 1.96. The molecule has 1 aliphatic rings. The van der Waals surface area contributed by atoms with Crippen LogP contribution < -0.4 is 20.5 Å². The first-order chi connectivity index (χ1) is 9.49. The van der Waals surface area contributed by atoms with Gasteiger partial charge >= 0.3 is 0 Å². The Hall–Kier alpha value is -1.46. The number of nitrogens with one attached hydrogen (secondary N) is 1. The lowest BCUT2D eigenvalue weighted by Crippen LogP contribution is -2.49. The van der Waals surface area contributed by atoms with E-state index in [-0.39, 0.29) is 18.2 Å². The van der Waals surface area contributed by atoms with Crippen LogP contribution in [0.3, 0.4) is 0 Å². The van der Waals surface area contributed by atoms with Crippen molar-refractivity contribution in [3.8, 4) is 11.5 Å². The van der Waals surface area contributed by atoms with Crippen molar-refractivity contribution < 1.29 is 14.3 Å². The summed E-state index contributed by atoms with van der Waals surface area (Å²) < 4.78 is 10.5. The predicted molar refractivity (Wildman–Crippen MR) is 77.4 cm³/mol. The first-order valence-corrected chi connectivity index (χ1v) is 7.03. The molecule has 20 heavy (non-hydrogen) atoms. The van der Waals surface area contributed by atoms with Crippen LogP contribution in [0.2, 0.25) is 5.02 Å². The molecule has 0 fully saturated rings. The summed E-state index contributed by atoms with van der Waals surface area (Å²) in [6, 6.07) is 3.19. The maximum Gasteiger partial charge on any atom is 0.251 e. The van der Waals surface area contributed by atoms with E-state index in [4.69, 9.17) is 26.8 Å². The van der Waals surface area contributed by atoms with Crippen LogP contribution in [0.1, 0.15) is 37.0 Å². The van der Waals surface area contributed by atoms with Crippen molar-refractivity contribution in [3.63, 3.8) is 0 Å². The number of fused-ring (bicyclic) bond motifs is 1. The summed E-state index contributed by atoms with van der Waals surface area (Å²) in [6.45, 7) is 4.56. The molecule has 0 unspecified atom stereocenters. The fourth-order valence-corrected chi connectivity index (χ4v) is 2.22. The Kier molecular flexibility index (Phi) is 4.40. The molecule has 0 aliphatic carbocycles. The molecule has 0 radical (unpaired) electrons. The summed E-state index contributed by atoms with van der Waals surface area (Å²) in [5, 5.41) is 3.21. The molecule has 3 N–H and O–H groups in total. The topological polar surface area (TPSA) is 73.6 Å². The molecule has 0 spiro atoms. The monoisotopic (exact) mass is 298 g/mol. The average Bonchev–Trinajstić information content (AvgIpc) is 2.93. The molecule has 0 saturated carbocycles. The maximum absolute atomic E-state index is 12.2. The smallest absolute Gasteiger partial charge is 0.251 e. The fraction of sp³-hybridized carbons (Fsp3) is 0.500. The van der Waals surface area contributed by atoms with Crippen LogP contribution in [0.25, 0.3) is 0 Å². The summed E-state index contributed by atoms with van der Waals surface area (Å²) in [5.74, 6) is 0.757. The van der Waals surface area contributed by atoms with Gasteiger partial charge in [-0.3, -0.25) is 4.79 Å². The molecule has 1 aromatic rings. The van der Waals surface area contributed by atoms with Crippen molar-refractivity contribution in [1.82, 2.24) is 5.32 Å². The van der Waals surface area contributed by atoms with Gasteiger partial charge in [-0.15, -0.1) is 0 Å². The molecule has 0 aromatic heterocycles. The van der Waals surface area contributed by atoms with E-state index in [0.717, 1.165) is 12.8 Å². The van der Waals surface area contributed by atoms with Gasteiger partial charge in [0.05, 0.1) is 5.02 Å². The largest absolute Gasteiger partial charge is 0.454 e. The Morgan fingerprint density at radius 1 is 1.40 bits per heavy atom. The zero-order valence-electron chi connectivity index (χ0n) is 11.7. The Morgan fingerprint density at radius 3 is 2.75 bits per heavy atom. The highest BCUT2D eigenvalue weighted by atomic mass is 35.5. The van der Waals surface area contributed by atoms with Gasteiger partial charge in [-0.2, -0.15) is 0 Å². The Balaban J connectivity index is 2.09. The van der Waals surface area contributed by atoms with Crippen LogP contribution in [-0.4, -0.2) is 24.8 Å². The SMILES string of the molecule is CCC(N)(CC)CNC(=O)c1cc(Cl)c2c(c1)OCO2. The lowest BCUT2D eigenvalue weighted by atomic mass is 9.94. The summed E-state index contributed by atoms with van der Waals surface area (Å²) in [4.78, 5) is 12.2. The van der Waals surface area contributed by atoms with Gasteiger partial charge in [0.2, 0.25) is 6.79 Å². The third-order valence-electron chi connectivity index (χ3n) is 3.70. The Morgan fingerprint density at radius 2 is 2.10 bits per heavy atom. The summed E-state index contributed by atoms with van der Waals surface area (Å²) in [7, 11) is 0. The van der Waals surface area contributed by atoms with E-state index in [0.29, 0.717) is 28.6 Å². The lowest BCUT2D eigenvalue weighted by Gasteiger charge is -2.26. The molecule has 1 aliphatic heterocycles. The van der Waals surface area contributed by atoms with Crippen LogP contribution in [0, 0.1) is 0 Å². The number of carbonyl (C=O) groups excluding carboxylic acids is 1. The highest BCUT2D eigenvalue weighted by Crippen LogP contribution is 2.39. The number of amides is 1. The van der Waals surface area contributed by atoms with Crippen molar-refractivity contribution >= 4 is 17.5 Å². The van der Waals surface area contributed by atoms with Gasteiger partial charge in [-0.25, -0.2) is 0 Å². The van der Waals surface area contributed by atoms with E-state index in [1.54, 1.807) is 12.1 Å². The van der Waals surface area contributed by atoms with Crippen LogP contribution >= 0.6 is 11.6 Å². The van der Waals surface area contributed by atoms with Crippen LogP contribution in [0.4, 0.5) is 0 Å². The number of benzene rings is 1. The number of rotatable bonds is 5. The molecule has 0 atom stereocenters. The average molecular weight is 299 g/mol.